The Morgan fingerprint density at radius 1 is 1.05 bits per heavy atom. The zero-order valence-electron chi connectivity index (χ0n) is 10.7. The Kier molecular flexibility index (Phi) is 2.41. The number of piperidine rings is 1. The fourth-order valence-corrected chi connectivity index (χ4v) is 3.58. The molecule has 2 N–H and O–H groups in total. The van der Waals surface area contributed by atoms with Crippen LogP contribution < -0.4 is 10.6 Å². The molecule has 19 heavy (non-hydrogen) atoms. The van der Waals surface area contributed by atoms with Crippen LogP contribution in [0.4, 0.5) is 5.82 Å². The van der Waals surface area contributed by atoms with Crippen LogP contribution in [-0.2, 0) is 0 Å². The number of nitrogens with two attached hydrogens (primary N) is 1. The normalized spacial score (nSPS) is 29.9. The summed E-state index contributed by atoms with van der Waals surface area (Å²) in [6, 6.07) is 5.54. The van der Waals surface area contributed by atoms with Crippen LogP contribution in [0.25, 0.3) is 11.2 Å². The van der Waals surface area contributed by atoms with Crippen molar-refractivity contribution in [2.45, 2.75) is 43.8 Å². The lowest BCUT2D eigenvalue weighted by atomic mass is 9.98. The van der Waals surface area contributed by atoms with Crippen molar-refractivity contribution in [2.75, 3.05) is 4.90 Å². The topological polar surface area (TPSA) is 67.9 Å². The molecule has 4 heterocycles. The summed E-state index contributed by atoms with van der Waals surface area (Å²) in [5.74, 6) is 1.03. The quantitative estimate of drug-likeness (QED) is 0.836. The molecule has 2 atom stereocenters. The molecule has 5 nitrogen and oxygen atoms in total. The second-order valence-electron chi connectivity index (χ2n) is 5.59. The molecule has 2 aliphatic heterocycles. The van der Waals surface area contributed by atoms with Crippen molar-refractivity contribution >= 4 is 17.0 Å². The number of pyridine rings is 1. The van der Waals surface area contributed by atoms with Gasteiger partial charge in [0.2, 0.25) is 0 Å². The van der Waals surface area contributed by atoms with Crippen molar-refractivity contribution in [3.63, 3.8) is 0 Å². The van der Waals surface area contributed by atoms with Gasteiger partial charge >= 0.3 is 0 Å². The summed E-state index contributed by atoms with van der Waals surface area (Å²) in [4.78, 5) is 15.7. The van der Waals surface area contributed by atoms with E-state index in [0.29, 0.717) is 18.1 Å². The molecule has 2 aromatic rings. The van der Waals surface area contributed by atoms with Gasteiger partial charge in [0.15, 0.2) is 5.65 Å². The molecule has 98 valence electrons. The highest BCUT2D eigenvalue weighted by Gasteiger charge is 2.40. The molecule has 5 heteroatoms. The van der Waals surface area contributed by atoms with Gasteiger partial charge in [0.05, 0.1) is 0 Å². The van der Waals surface area contributed by atoms with E-state index in [2.05, 4.69) is 25.9 Å². The Hall–Kier alpha value is -1.75. The highest BCUT2D eigenvalue weighted by molar-refractivity contribution is 5.72. The zero-order valence-corrected chi connectivity index (χ0v) is 10.7. The van der Waals surface area contributed by atoms with E-state index < -0.39 is 0 Å². The zero-order chi connectivity index (χ0) is 12.8. The molecule has 0 radical (unpaired) electrons. The van der Waals surface area contributed by atoms with Gasteiger partial charge in [0.1, 0.15) is 11.3 Å². The fourth-order valence-electron chi connectivity index (χ4n) is 3.58. The van der Waals surface area contributed by atoms with Gasteiger partial charge in [0.25, 0.3) is 0 Å². The lowest BCUT2D eigenvalue weighted by Crippen LogP contribution is -2.47. The van der Waals surface area contributed by atoms with E-state index in [4.69, 9.17) is 5.73 Å². The SMILES string of the molecule is NC1CC2CCC(C1)N2c1ccc2nccnc2n1. The third-order valence-corrected chi connectivity index (χ3v) is 4.35. The molecule has 0 spiro atoms. The number of hydrogen-bond acceptors (Lipinski definition) is 5. The van der Waals surface area contributed by atoms with Crippen LogP contribution >= 0.6 is 0 Å². The van der Waals surface area contributed by atoms with Gasteiger partial charge in [0, 0.05) is 30.5 Å². The molecular weight excluding hydrogens is 238 g/mol. The van der Waals surface area contributed by atoms with Gasteiger partial charge in [-0.15, -0.1) is 0 Å². The predicted octanol–water partition coefficient (Wildman–Crippen LogP) is 1.48. The maximum absolute atomic E-state index is 6.12. The van der Waals surface area contributed by atoms with Crippen molar-refractivity contribution in [1.82, 2.24) is 15.0 Å². The Morgan fingerprint density at radius 3 is 2.58 bits per heavy atom. The van der Waals surface area contributed by atoms with Crippen molar-refractivity contribution in [2.24, 2.45) is 5.73 Å². The minimum Gasteiger partial charge on any atom is -0.350 e. The van der Waals surface area contributed by atoms with Crippen LogP contribution in [0.3, 0.4) is 0 Å². The summed E-state index contributed by atoms with van der Waals surface area (Å²) in [5.41, 5.74) is 7.70. The van der Waals surface area contributed by atoms with Gasteiger partial charge in [-0.1, -0.05) is 0 Å². The minimum absolute atomic E-state index is 0.356. The molecule has 0 aromatic carbocycles. The maximum Gasteiger partial charge on any atom is 0.180 e. The molecule has 2 aromatic heterocycles. The van der Waals surface area contributed by atoms with Crippen LogP contribution in [0.2, 0.25) is 0 Å². The second-order valence-corrected chi connectivity index (χ2v) is 5.59. The van der Waals surface area contributed by atoms with Crippen LogP contribution in [0, 0.1) is 0 Å². The highest BCUT2D eigenvalue weighted by atomic mass is 15.3. The minimum atomic E-state index is 0.356. The molecular formula is C14H17N5. The number of rotatable bonds is 1. The van der Waals surface area contributed by atoms with E-state index in [0.717, 1.165) is 29.8 Å². The third kappa shape index (κ3) is 1.76. The van der Waals surface area contributed by atoms with E-state index in [1.54, 1.807) is 12.4 Å². The van der Waals surface area contributed by atoms with Crippen molar-refractivity contribution in [3.8, 4) is 0 Å². The average molecular weight is 255 g/mol. The first-order valence-electron chi connectivity index (χ1n) is 6.93. The number of nitrogens with zero attached hydrogens (tertiary/aromatic N) is 4. The summed E-state index contributed by atoms with van der Waals surface area (Å²) < 4.78 is 0. The third-order valence-electron chi connectivity index (χ3n) is 4.35. The van der Waals surface area contributed by atoms with Gasteiger partial charge in [-0.3, -0.25) is 4.98 Å². The highest BCUT2D eigenvalue weighted by Crippen LogP contribution is 2.38. The average Bonchev–Trinajstić information content (AvgIpc) is 2.70. The molecule has 2 saturated heterocycles. The first-order chi connectivity index (χ1) is 9.31. The fraction of sp³-hybridized carbons (Fsp3) is 0.500. The summed E-state index contributed by atoms with van der Waals surface area (Å²) in [5, 5.41) is 0. The van der Waals surface area contributed by atoms with Gasteiger partial charge in [-0.25, -0.2) is 9.97 Å². The number of fused-ring (bicyclic) bond motifs is 3. The predicted molar refractivity (Wildman–Crippen MR) is 73.8 cm³/mol. The summed E-state index contributed by atoms with van der Waals surface area (Å²) >= 11 is 0. The van der Waals surface area contributed by atoms with Crippen LogP contribution in [0.5, 0.6) is 0 Å². The smallest absolute Gasteiger partial charge is 0.180 e. The number of hydrogen-bond donors (Lipinski definition) is 1. The molecule has 2 fully saturated rings. The Labute approximate surface area is 111 Å². The second kappa shape index (κ2) is 4.13. The van der Waals surface area contributed by atoms with E-state index in [1.807, 2.05) is 6.07 Å². The summed E-state index contributed by atoms with van der Waals surface area (Å²) in [6.07, 6.45) is 8.03. The van der Waals surface area contributed by atoms with E-state index >= 15 is 0 Å². The first-order valence-corrected chi connectivity index (χ1v) is 6.93. The number of anilines is 1. The largest absolute Gasteiger partial charge is 0.350 e. The van der Waals surface area contributed by atoms with E-state index in [1.165, 1.54) is 12.8 Å². The Morgan fingerprint density at radius 2 is 1.79 bits per heavy atom. The number of aromatic nitrogens is 3. The summed E-state index contributed by atoms with van der Waals surface area (Å²) in [6.45, 7) is 0. The lowest BCUT2D eigenvalue weighted by Gasteiger charge is -2.38. The van der Waals surface area contributed by atoms with E-state index in [-0.39, 0.29) is 0 Å². The van der Waals surface area contributed by atoms with Crippen molar-refractivity contribution in [1.29, 1.82) is 0 Å². The van der Waals surface area contributed by atoms with Crippen molar-refractivity contribution < 1.29 is 0 Å². The standard InChI is InChI=1S/C14H17N5/c15-9-7-10-1-2-11(8-9)19(10)13-4-3-12-14(18-13)17-6-5-16-12/h3-6,9-11H,1-2,7-8,15H2. The molecule has 0 saturated carbocycles. The molecule has 0 aliphatic carbocycles. The molecule has 0 amide bonds. The Balaban J connectivity index is 1.74. The van der Waals surface area contributed by atoms with Gasteiger partial charge in [-0.2, -0.15) is 0 Å². The summed E-state index contributed by atoms with van der Waals surface area (Å²) in [7, 11) is 0. The van der Waals surface area contributed by atoms with Crippen LogP contribution in [-0.4, -0.2) is 33.1 Å². The maximum atomic E-state index is 6.12. The molecule has 2 bridgehead atoms. The van der Waals surface area contributed by atoms with Gasteiger partial charge in [-0.05, 0) is 37.8 Å². The molecule has 4 rings (SSSR count). The van der Waals surface area contributed by atoms with Crippen molar-refractivity contribution in [3.05, 3.63) is 24.5 Å². The Bertz CT molecular complexity index is 600. The monoisotopic (exact) mass is 255 g/mol. The molecule has 2 unspecified atom stereocenters. The van der Waals surface area contributed by atoms with Gasteiger partial charge < -0.3 is 10.6 Å². The lowest BCUT2D eigenvalue weighted by molar-refractivity contribution is 0.412. The first kappa shape index (κ1) is 11.1. The van der Waals surface area contributed by atoms with Crippen LogP contribution in [0.15, 0.2) is 24.5 Å². The molecule has 2 aliphatic rings. The van der Waals surface area contributed by atoms with E-state index in [9.17, 15) is 0 Å². The van der Waals surface area contributed by atoms with Crippen LogP contribution in [0.1, 0.15) is 25.7 Å².